The Morgan fingerprint density at radius 3 is 1.33 bits per heavy atom. The van der Waals surface area contributed by atoms with Gasteiger partial charge in [-0.1, -0.05) is 0 Å². The number of hydrogen-bond acceptors (Lipinski definition) is 11. The lowest BCUT2D eigenvalue weighted by atomic mass is 10.1. The van der Waals surface area contributed by atoms with E-state index in [2.05, 4.69) is 37.2 Å². The number of amides is 8. The highest BCUT2D eigenvalue weighted by Gasteiger charge is 2.36. The van der Waals surface area contributed by atoms with E-state index in [9.17, 15) is 48.3 Å². The summed E-state index contributed by atoms with van der Waals surface area (Å²) in [5.41, 5.74) is 5.67. The van der Waals surface area contributed by atoms with Crippen LogP contribution < -0.4 is 43.0 Å². The summed E-state index contributed by atoms with van der Waals surface area (Å²) < 4.78 is 0. The van der Waals surface area contributed by atoms with Gasteiger partial charge in [-0.05, 0) is 79.7 Å². The third kappa shape index (κ3) is 14.4. The maximum atomic E-state index is 12.8. The van der Waals surface area contributed by atoms with E-state index >= 15 is 0 Å². The number of rotatable bonds is 19. The number of likely N-dealkylation sites (tertiary alicyclic amines) is 1. The summed E-state index contributed by atoms with van der Waals surface area (Å²) >= 11 is 1.42. The summed E-state index contributed by atoms with van der Waals surface area (Å²) in [7, 11) is 0. The number of thioether (sulfide) groups is 1. The second kappa shape index (κ2) is 21.0. The van der Waals surface area contributed by atoms with Crippen molar-refractivity contribution in [3.8, 4) is 0 Å². The number of nitrogens with one attached hydrogen (secondary N) is 7. The normalized spacial score (nSPS) is 18.6. The zero-order valence-corrected chi connectivity index (χ0v) is 31.1. The number of hydrogen-bond donors (Lipinski definition) is 9. The average molecular weight is 744 g/mol. The van der Waals surface area contributed by atoms with Crippen molar-refractivity contribution in [1.82, 2.24) is 42.1 Å². The van der Waals surface area contributed by atoms with Crippen molar-refractivity contribution < 1.29 is 48.3 Å². The van der Waals surface area contributed by atoms with Gasteiger partial charge in [-0.15, -0.1) is 0 Å². The minimum Gasteiger partial charge on any atom is -0.480 e. The number of carboxylic acid groups (broad SMARTS) is 1. The fourth-order valence-corrected chi connectivity index (χ4v) is 5.22. The van der Waals surface area contributed by atoms with Crippen molar-refractivity contribution in [3.63, 3.8) is 0 Å². The van der Waals surface area contributed by atoms with Crippen LogP contribution in [0.15, 0.2) is 0 Å². The third-order valence-corrected chi connectivity index (χ3v) is 8.61. The number of carboxylic acids is 1. The first-order valence-corrected chi connectivity index (χ1v) is 18.0. The highest BCUT2D eigenvalue weighted by atomic mass is 32.2. The molecule has 20 heteroatoms. The molecule has 0 unspecified atom stereocenters. The first kappa shape index (κ1) is 44.6. The van der Waals surface area contributed by atoms with E-state index in [1.54, 1.807) is 6.26 Å². The lowest BCUT2D eigenvalue weighted by molar-refractivity contribution is -0.142. The smallest absolute Gasteiger partial charge is 0.326 e. The van der Waals surface area contributed by atoms with Crippen molar-refractivity contribution in [2.75, 3.05) is 18.6 Å². The second-order valence-electron chi connectivity index (χ2n) is 12.5. The van der Waals surface area contributed by atoms with E-state index in [1.807, 2.05) is 0 Å². The molecule has 288 valence electrons. The fraction of sp³-hybridized carbons (Fsp3) is 0.710. The fourth-order valence-electron chi connectivity index (χ4n) is 4.75. The molecule has 0 aromatic heterocycles. The quantitative estimate of drug-likeness (QED) is 0.0628. The standard InChI is InChI=1S/C31H53N9O10S/c1-14(32)30(48)40-12-9-10-22(40)29(47)38-19(6)27(45)36-17(4)25(43)34-15(2)23(41)33-16(3)24(42)35-18(5)26(44)37-20(7)28(46)39-21(31(49)50)11-13-51-8/h14-22H,9-13,32H2,1-8H3,(H,33,41)(H,34,43)(H,35,42)(H,36,45)(H,37,44)(H,38,47)(H,39,46)(H,49,50)/t14-,15-,16-,17-,18-,19-,20-,21-,22-/m0/s1. The molecule has 1 aliphatic heterocycles. The highest BCUT2D eigenvalue weighted by Crippen LogP contribution is 2.18. The average Bonchev–Trinajstić information content (AvgIpc) is 3.55. The molecule has 1 rings (SSSR count). The Bertz CT molecular complexity index is 1320. The van der Waals surface area contributed by atoms with Gasteiger partial charge >= 0.3 is 5.97 Å². The predicted octanol–water partition coefficient (Wildman–Crippen LogP) is -3.32. The van der Waals surface area contributed by atoms with Crippen LogP contribution in [0.4, 0.5) is 0 Å². The topological polar surface area (TPSA) is 287 Å². The monoisotopic (exact) mass is 743 g/mol. The molecule has 0 saturated carbocycles. The van der Waals surface area contributed by atoms with Crippen LogP contribution in [-0.4, -0.2) is 136 Å². The first-order chi connectivity index (χ1) is 23.7. The van der Waals surface area contributed by atoms with Crippen molar-refractivity contribution >= 4 is 65.0 Å². The molecule has 1 aliphatic rings. The molecular formula is C31H53N9O10S. The lowest BCUT2D eigenvalue weighted by Crippen LogP contribution is -2.58. The van der Waals surface area contributed by atoms with Crippen molar-refractivity contribution in [2.45, 2.75) is 122 Å². The Balaban J connectivity index is 2.57. The predicted molar refractivity (Wildman–Crippen MR) is 187 cm³/mol. The maximum absolute atomic E-state index is 12.8. The van der Waals surface area contributed by atoms with Crippen molar-refractivity contribution in [1.29, 1.82) is 0 Å². The molecule has 0 spiro atoms. The molecule has 1 saturated heterocycles. The van der Waals surface area contributed by atoms with Crippen LogP contribution in [0.1, 0.15) is 67.7 Å². The first-order valence-electron chi connectivity index (χ1n) is 16.6. The van der Waals surface area contributed by atoms with Gasteiger partial charge in [-0.2, -0.15) is 11.8 Å². The SMILES string of the molecule is CSCC[C@H](NC(=O)[C@H](C)NC(=O)[C@H](C)NC(=O)[C@H](C)NC(=O)[C@H](C)NC(=O)[C@H](C)NC(=O)[C@H](C)NC(=O)[C@@H]1CCCN1C(=O)[C@H](C)N)C(=O)O. The lowest BCUT2D eigenvalue weighted by Gasteiger charge is -2.27. The number of aliphatic carboxylic acids is 1. The zero-order chi connectivity index (χ0) is 39.2. The molecule has 1 heterocycles. The van der Waals surface area contributed by atoms with Gasteiger partial charge in [-0.25, -0.2) is 4.79 Å². The van der Waals surface area contributed by atoms with Gasteiger partial charge in [0.25, 0.3) is 0 Å². The number of carbonyl (C=O) groups is 9. The van der Waals surface area contributed by atoms with Crippen LogP contribution in [0.2, 0.25) is 0 Å². The van der Waals surface area contributed by atoms with Gasteiger partial charge < -0.3 is 53.0 Å². The summed E-state index contributed by atoms with van der Waals surface area (Å²) in [5.74, 6) is -5.95. The Morgan fingerprint density at radius 1 is 0.647 bits per heavy atom. The molecule has 0 aromatic carbocycles. The summed E-state index contributed by atoms with van der Waals surface area (Å²) in [6, 6.07) is -9.38. The molecule has 1 fully saturated rings. The Hall–Kier alpha value is -4.46. The van der Waals surface area contributed by atoms with Gasteiger partial charge in [0.2, 0.25) is 47.3 Å². The van der Waals surface area contributed by atoms with E-state index in [-0.39, 0.29) is 12.3 Å². The van der Waals surface area contributed by atoms with E-state index in [0.717, 1.165) is 0 Å². The van der Waals surface area contributed by atoms with E-state index in [1.165, 1.54) is 65.1 Å². The Kier molecular flexibility index (Phi) is 18.4. The van der Waals surface area contributed by atoms with Crippen LogP contribution in [0.3, 0.4) is 0 Å². The largest absolute Gasteiger partial charge is 0.480 e. The molecule has 0 aromatic rings. The minimum atomic E-state index is -1.21. The third-order valence-electron chi connectivity index (χ3n) is 7.97. The van der Waals surface area contributed by atoms with Crippen LogP contribution in [-0.2, 0) is 43.2 Å². The minimum absolute atomic E-state index is 0.193. The van der Waals surface area contributed by atoms with E-state index in [4.69, 9.17) is 5.73 Å². The van der Waals surface area contributed by atoms with Gasteiger partial charge in [-0.3, -0.25) is 38.4 Å². The van der Waals surface area contributed by atoms with Gasteiger partial charge in [0.1, 0.15) is 48.3 Å². The number of carbonyl (C=O) groups excluding carboxylic acids is 8. The molecule has 9 atom stereocenters. The van der Waals surface area contributed by atoms with E-state index in [0.29, 0.717) is 25.1 Å². The second-order valence-corrected chi connectivity index (χ2v) is 13.5. The zero-order valence-electron chi connectivity index (χ0n) is 30.3. The van der Waals surface area contributed by atoms with Crippen LogP contribution in [0.5, 0.6) is 0 Å². The van der Waals surface area contributed by atoms with Crippen molar-refractivity contribution in [3.05, 3.63) is 0 Å². The Labute approximate surface area is 301 Å². The summed E-state index contributed by atoms with van der Waals surface area (Å²) in [6.07, 6.45) is 3.02. The molecule has 19 nitrogen and oxygen atoms in total. The molecule has 10 N–H and O–H groups in total. The van der Waals surface area contributed by atoms with Crippen LogP contribution in [0.25, 0.3) is 0 Å². The van der Waals surface area contributed by atoms with Crippen LogP contribution >= 0.6 is 11.8 Å². The van der Waals surface area contributed by atoms with Gasteiger partial charge in [0.05, 0.1) is 6.04 Å². The summed E-state index contributed by atoms with van der Waals surface area (Å²) in [5, 5.41) is 26.3. The summed E-state index contributed by atoms with van der Waals surface area (Å²) in [6.45, 7) is 10.1. The molecular weight excluding hydrogens is 690 g/mol. The molecule has 0 radical (unpaired) electrons. The summed E-state index contributed by atoms with van der Waals surface area (Å²) in [4.78, 5) is 114. The van der Waals surface area contributed by atoms with E-state index < -0.39 is 102 Å². The Morgan fingerprint density at radius 2 is 1.00 bits per heavy atom. The van der Waals surface area contributed by atoms with Gasteiger partial charge in [0.15, 0.2) is 0 Å². The maximum Gasteiger partial charge on any atom is 0.326 e. The molecule has 0 bridgehead atoms. The molecule has 8 amide bonds. The van der Waals surface area contributed by atoms with Crippen molar-refractivity contribution in [2.24, 2.45) is 5.73 Å². The van der Waals surface area contributed by atoms with Crippen LogP contribution in [0, 0.1) is 0 Å². The number of nitrogens with zero attached hydrogens (tertiary/aromatic N) is 1. The number of nitrogens with two attached hydrogens (primary N) is 1. The van der Waals surface area contributed by atoms with Gasteiger partial charge in [0, 0.05) is 6.54 Å². The highest BCUT2D eigenvalue weighted by molar-refractivity contribution is 7.98. The molecule has 0 aliphatic carbocycles. The molecule has 51 heavy (non-hydrogen) atoms.